The maximum Gasteiger partial charge on any atom is 0.333 e. The normalized spacial score (nSPS) is 14.1. The Morgan fingerprint density at radius 3 is 2.51 bits per heavy atom. The van der Waals surface area contributed by atoms with Crippen LogP contribution < -0.4 is 19.7 Å². The molecule has 3 aromatic rings. The monoisotopic (exact) mass is 507 g/mol. The van der Waals surface area contributed by atoms with Gasteiger partial charge in [-0.1, -0.05) is 41.4 Å². The highest BCUT2D eigenvalue weighted by Gasteiger charge is 2.35. The number of carbonyl (C=O) groups is 2. The van der Waals surface area contributed by atoms with E-state index in [1.165, 1.54) is 6.08 Å². The first-order valence-corrected chi connectivity index (χ1v) is 11.4. The molecule has 0 aromatic heterocycles. The van der Waals surface area contributed by atoms with E-state index in [-0.39, 0.29) is 17.3 Å². The minimum absolute atomic E-state index is 0.0834. The molecule has 1 aliphatic heterocycles. The number of nitriles is 1. The predicted molar refractivity (Wildman–Crippen MR) is 134 cm³/mol. The summed E-state index contributed by atoms with van der Waals surface area (Å²) in [4.78, 5) is 26.4. The summed E-state index contributed by atoms with van der Waals surface area (Å²) in [7, 11) is 0. The molecule has 1 aliphatic rings. The van der Waals surface area contributed by atoms with E-state index in [4.69, 9.17) is 32.7 Å². The van der Waals surface area contributed by atoms with Crippen LogP contribution in [0.3, 0.4) is 0 Å². The fraction of sp³-hybridized carbons (Fsp3) is 0.115. The first kappa shape index (κ1) is 24.1. The Labute approximate surface area is 212 Å². The van der Waals surface area contributed by atoms with E-state index in [0.717, 1.165) is 4.90 Å². The van der Waals surface area contributed by atoms with Gasteiger partial charge in [0.05, 0.1) is 28.9 Å². The molecular formula is C26H19Cl2N3O4. The maximum atomic E-state index is 12.9. The van der Waals surface area contributed by atoms with E-state index in [1.807, 2.05) is 13.0 Å². The molecule has 0 radical (unpaired) electrons. The van der Waals surface area contributed by atoms with Crippen LogP contribution in [0, 0.1) is 11.3 Å². The number of halogens is 2. The standard InChI is InChI=1S/C26H19Cl2N3O4/c1-2-34-23-13-16(11-21(28)24(23)35-15-18-6-4-3-5-17(18)14-29)12-22-25(32)31(26(33)30-22)20-9-7-19(27)8-10-20/h3-13H,2,15H2,1H3,(H,30,33)/b22-12+. The van der Waals surface area contributed by atoms with E-state index in [9.17, 15) is 14.9 Å². The first-order chi connectivity index (χ1) is 16.9. The van der Waals surface area contributed by atoms with Crippen LogP contribution >= 0.6 is 23.2 Å². The van der Waals surface area contributed by atoms with Crippen molar-refractivity contribution in [2.75, 3.05) is 11.5 Å². The van der Waals surface area contributed by atoms with E-state index in [1.54, 1.807) is 54.6 Å². The second-order valence-corrected chi connectivity index (χ2v) is 8.27. The second kappa shape index (κ2) is 10.5. The van der Waals surface area contributed by atoms with Crippen molar-refractivity contribution in [3.05, 3.63) is 93.1 Å². The van der Waals surface area contributed by atoms with Crippen LogP contribution in [0.4, 0.5) is 10.5 Å². The van der Waals surface area contributed by atoms with Crippen LogP contribution in [0.25, 0.3) is 6.08 Å². The smallest absolute Gasteiger partial charge is 0.333 e. The topological polar surface area (TPSA) is 91.7 Å². The molecule has 1 heterocycles. The summed E-state index contributed by atoms with van der Waals surface area (Å²) in [5, 5.41) is 12.6. The Kier molecular flexibility index (Phi) is 7.25. The fourth-order valence-corrected chi connectivity index (χ4v) is 3.91. The molecule has 1 saturated heterocycles. The number of nitrogens with zero attached hydrogens (tertiary/aromatic N) is 2. The Balaban J connectivity index is 1.61. The number of urea groups is 1. The average molecular weight is 508 g/mol. The molecule has 0 spiro atoms. The van der Waals surface area contributed by atoms with Crippen molar-refractivity contribution in [1.82, 2.24) is 5.32 Å². The van der Waals surface area contributed by atoms with Crippen molar-refractivity contribution in [2.45, 2.75) is 13.5 Å². The number of hydrogen-bond acceptors (Lipinski definition) is 5. The number of imide groups is 1. The van der Waals surface area contributed by atoms with Crippen molar-refractivity contribution in [3.8, 4) is 17.6 Å². The highest BCUT2D eigenvalue weighted by molar-refractivity contribution is 6.33. The molecule has 0 aliphatic carbocycles. The largest absolute Gasteiger partial charge is 0.490 e. The summed E-state index contributed by atoms with van der Waals surface area (Å²) in [6.45, 7) is 2.29. The van der Waals surface area contributed by atoms with Crippen molar-refractivity contribution in [1.29, 1.82) is 5.26 Å². The second-order valence-electron chi connectivity index (χ2n) is 7.43. The van der Waals surface area contributed by atoms with Crippen LogP contribution in [0.2, 0.25) is 10.0 Å². The van der Waals surface area contributed by atoms with Crippen molar-refractivity contribution in [2.24, 2.45) is 0 Å². The van der Waals surface area contributed by atoms with E-state index < -0.39 is 11.9 Å². The van der Waals surface area contributed by atoms with Crippen LogP contribution in [0.1, 0.15) is 23.6 Å². The molecule has 9 heteroatoms. The van der Waals surface area contributed by atoms with Crippen LogP contribution in [0.5, 0.6) is 11.5 Å². The zero-order chi connectivity index (χ0) is 24.9. The number of benzene rings is 3. The van der Waals surface area contributed by atoms with Gasteiger partial charge in [-0.05, 0) is 61.0 Å². The quantitative estimate of drug-likeness (QED) is 0.315. The van der Waals surface area contributed by atoms with Gasteiger partial charge in [0.2, 0.25) is 0 Å². The molecule has 1 fully saturated rings. The molecule has 4 rings (SSSR count). The van der Waals surface area contributed by atoms with Crippen molar-refractivity contribution < 1.29 is 19.1 Å². The zero-order valence-electron chi connectivity index (χ0n) is 18.5. The van der Waals surface area contributed by atoms with Crippen molar-refractivity contribution >= 4 is 46.9 Å². The number of amides is 3. The van der Waals surface area contributed by atoms with Crippen LogP contribution in [-0.2, 0) is 11.4 Å². The summed E-state index contributed by atoms with van der Waals surface area (Å²) in [6, 6.07) is 18.3. The van der Waals surface area contributed by atoms with Crippen molar-refractivity contribution in [3.63, 3.8) is 0 Å². The molecule has 176 valence electrons. The summed E-state index contributed by atoms with van der Waals surface area (Å²) >= 11 is 12.4. The molecule has 3 amide bonds. The van der Waals surface area contributed by atoms with Gasteiger partial charge in [0.25, 0.3) is 5.91 Å². The van der Waals surface area contributed by atoms with Gasteiger partial charge in [-0.15, -0.1) is 0 Å². The Bertz CT molecular complexity index is 1360. The predicted octanol–water partition coefficient (Wildman–Crippen LogP) is 5.94. The van der Waals surface area contributed by atoms with Gasteiger partial charge in [0, 0.05) is 10.6 Å². The van der Waals surface area contributed by atoms with Crippen LogP contribution in [0.15, 0.2) is 66.4 Å². The van der Waals surface area contributed by atoms with E-state index in [2.05, 4.69) is 11.4 Å². The lowest BCUT2D eigenvalue weighted by Crippen LogP contribution is -2.30. The Hall–Kier alpha value is -3.99. The highest BCUT2D eigenvalue weighted by atomic mass is 35.5. The van der Waals surface area contributed by atoms with Gasteiger partial charge >= 0.3 is 6.03 Å². The molecule has 7 nitrogen and oxygen atoms in total. The molecule has 0 bridgehead atoms. The summed E-state index contributed by atoms with van der Waals surface area (Å²) in [5.41, 5.74) is 2.23. The first-order valence-electron chi connectivity index (χ1n) is 10.6. The van der Waals surface area contributed by atoms with Gasteiger partial charge in [-0.3, -0.25) is 4.79 Å². The average Bonchev–Trinajstić information content (AvgIpc) is 3.12. The summed E-state index contributed by atoms with van der Waals surface area (Å²) in [5.74, 6) is 0.167. The number of ether oxygens (including phenoxy) is 2. The molecule has 0 saturated carbocycles. The summed E-state index contributed by atoms with van der Waals surface area (Å²) in [6.07, 6.45) is 1.51. The fourth-order valence-electron chi connectivity index (χ4n) is 3.51. The molecule has 3 aromatic carbocycles. The Morgan fingerprint density at radius 2 is 1.80 bits per heavy atom. The molecule has 0 unspecified atom stereocenters. The van der Waals surface area contributed by atoms with Crippen LogP contribution in [-0.4, -0.2) is 18.5 Å². The lowest BCUT2D eigenvalue weighted by atomic mass is 10.1. The number of hydrogen-bond donors (Lipinski definition) is 1. The maximum absolute atomic E-state index is 12.9. The van der Waals surface area contributed by atoms with Gasteiger partial charge in [-0.2, -0.15) is 5.26 Å². The van der Waals surface area contributed by atoms with E-state index in [0.29, 0.717) is 45.5 Å². The third-order valence-electron chi connectivity index (χ3n) is 5.12. The van der Waals surface area contributed by atoms with E-state index >= 15 is 0 Å². The Morgan fingerprint density at radius 1 is 1.06 bits per heavy atom. The minimum atomic E-state index is -0.573. The lowest BCUT2D eigenvalue weighted by molar-refractivity contribution is -0.113. The zero-order valence-corrected chi connectivity index (χ0v) is 20.1. The molecule has 1 N–H and O–H groups in total. The number of nitrogens with one attached hydrogen (secondary N) is 1. The molecule has 0 atom stereocenters. The van der Waals surface area contributed by atoms with Gasteiger partial charge in [-0.25, -0.2) is 9.69 Å². The molecular weight excluding hydrogens is 489 g/mol. The highest BCUT2D eigenvalue weighted by Crippen LogP contribution is 2.38. The third kappa shape index (κ3) is 5.24. The summed E-state index contributed by atoms with van der Waals surface area (Å²) < 4.78 is 11.6. The number of rotatable bonds is 7. The SMILES string of the molecule is CCOc1cc(/C=C2/NC(=O)N(c3ccc(Cl)cc3)C2=O)cc(Cl)c1OCc1ccccc1C#N. The van der Waals surface area contributed by atoms with Gasteiger partial charge < -0.3 is 14.8 Å². The third-order valence-corrected chi connectivity index (χ3v) is 5.65. The number of carbonyl (C=O) groups excluding carboxylic acids is 2. The number of anilines is 1. The molecule has 35 heavy (non-hydrogen) atoms. The minimum Gasteiger partial charge on any atom is -0.490 e. The lowest BCUT2D eigenvalue weighted by Gasteiger charge is -2.15. The van der Waals surface area contributed by atoms with Gasteiger partial charge in [0.15, 0.2) is 11.5 Å². The van der Waals surface area contributed by atoms with Gasteiger partial charge in [0.1, 0.15) is 12.3 Å².